The van der Waals surface area contributed by atoms with Gasteiger partial charge in [-0.2, -0.15) is 0 Å². The number of ether oxygens (including phenoxy) is 5. The Bertz CT molecular complexity index is 1700. The second-order valence-corrected chi connectivity index (χ2v) is 20.2. The van der Waals surface area contributed by atoms with E-state index in [0.717, 1.165) is 5.56 Å². The molecule has 1 saturated heterocycles. The second kappa shape index (κ2) is 18.2. The molecule has 0 amide bonds. The normalized spacial score (nSPS) is 20.6. The number of methoxy groups -OCH3 is 4. The summed E-state index contributed by atoms with van der Waals surface area (Å²) in [6.07, 6.45) is 0.456. The van der Waals surface area contributed by atoms with Crippen LogP contribution in [0.1, 0.15) is 68.0 Å². The predicted octanol–water partition coefficient (Wildman–Crippen LogP) is 6.21. The first-order valence-electron chi connectivity index (χ1n) is 18.8. The van der Waals surface area contributed by atoms with E-state index >= 15 is 0 Å². The van der Waals surface area contributed by atoms with Crippen molar-refractivity contribution in [2.24, 2.45) is 5.73 Å². The summed E-state index contributed by atoms with van der Waals surface area (Å²) in [5.41, 5.74) is 11.3. The Kier molecular flexibility index (Phi) is 14.5. The van der Waals surface area contributed by atoms with Crippen LogP contribution in [0.3, 0.4) is 0 Å². The monoisotopic (exact) mass is 767 g/mol. The van der Waals surface area contributed by atoms with Gasteiger partial charge in [-0.3, -0.25) is 9.69 Å². The van der Waals surface area contributed by atoms with Crippen molar-refractivity contribution in [1.29, 1.82) is 0 Å². The summed E-state index contributed by atoms with van der Waals surface area (Å²) in [5, 5.41) is 22.8. The topological polar surface area (TPSA) is 137 Å². The van der Waals surface area contributed by atoms with Gasteiger partial charge in [-0.1, -0.05) is 27.7 Å². The third kappa shape index (κ3) is 8.25. The van der Waals surface area contributed by atoms with E-state index in [1.807, 2.05) is 11.8 Å². The zero-order chi connectivity index (χ0) is 40.1. The molecule has 5 atom stereocenters. The number of phenols is 2. The molecule has 0 bridgehead atoms. The molecule has 298 valence electrons. The number of hydrogen-bond donors (Lipinski definition) is 3. The van der Waals surface area contributed by atoms with Gasteiger partial charge in [-0.15, -0.1) is 0 Å². The number of nitrogens with two attached hydrogens (primary N) is 1. The fraction of sp³-hybridized carbons (Fsp3) is 0.650. The quantitative estimate of drug-likeness (QED) is 0.133. The molecule has 2 heterocycles. The number of aromatic hydroxyl groups is 2. The van der Waals surface area contributed by atoms with Crippen molar-refractivity contribution in [2.45, 2.75) is 109 Å². The molecule has 14 heteroatoms. The summed E-state index contributed by atoms with van der Waals surface area (Å²) < 4.78 is 35.8. The highest BCUT2D eigenvalue weighted by molar-refractivity contribution is 6.75. The summed E-state index contributed by atoms with van der Waals surface area (Å²) >= 11 is 0. The first-order chi connectivity index (χ1) is 25.6. The van der Waals surface area contributed by atoms with Gasteiger partial charge in [0.2, 0.25) is 0 Å². The van der Waals surface area contributed by atoms with Crippen molar-refractivity contribution in [3.8, 4) is 34.5 Å². The molecule has 2 aromatic carbocycles. The summed E-state index contributed by atoms with van der Waals surface area (Å²) in [6, 6.07) is -0.427. The lowest BCUT2D eigenvalue weighted by Crippen LogP contribution is -2.60. The van der Waals surface area contributed by atoms with Crippen molar-refractivity contribution in [3.63, 3.8) is 0 Å². The predicted molar refractivity (Wildman–Crippen MR) is 211 cm³/mol. The summed E-state index contributed by atoms with van der Waals surface area (Å²) in [4.78, 5) is 12.2. The Balaban J connectivity index is 1.78. The Morgan fingerprint density at radius 3 is 2.13 bits per heavy atom. The van der Waals surface area contributed by atoms with Crippen molar-refractivity contribution in [3.05, 3.63) is 56.7 Å². The van der Waals surface area contributed by atoms with E-state index in [0.29, 0.717) is 89.7 Å². The minimum absolute atomic E-state index is 0.0551. The van der Waals surface area contributed by atoms with Gasteiger partial charge in [0.1, 0.15) is 17.5 Å². The maximum atomic E-state index is 11.9. The van der Waals surface area contributed by atoms with Crippen LogP contribution >= 0.6 is 0 Å². The van der Waals surface area contributed by atoms with Gasteiger partial charge >= 0.3 is 0 Å². The number of nitrogens with zero attached hydrogens (tertiary/aromatic N) is 4. The van der Waals surface area contributed by atoms with Crippen molar-refractivity contribution in [2.75, 3.05) is 61.4 Å². The molecule has 0 radical (unpaired) electrons. The van der Waals surface area contributed by atoms with Crippen molar-refractivity contribution < 1.29 is 38.3 Å². The van der Waals surface area contributed by atoms with Gasteiger partial charge in [-0.25, -0.2) is 22.9 Å². The highest BCUT2D eigenvalue weighted by Crippen LogP contribution is 2.52. The first-order valence-corrected chi connectivity index (χ1v) is 21.3. The van der Waals surface area contributed by atoms with Gasteiger partial charge in [0, 0.05) is 54.4 Å². The van der Waals surface area contributed by atoms with Crippen LogP contribution in [-0.2, 0) is 22.0 Å². The minimum Gasteiger partial charge on any atom is -0.504 e. The fourth-order valence-electron chi connectivity index (χ4n) is 8.52. The average Bonchev–Trinajstić information content (AvgIpc) is 3.12. The van der Waals surface area contributed by atoms with Gasteiger partial charge in [0.05, 0.1) is 47.2 Å². The first kappa shape index (κ1) is 43.0. The van der Waals surface area contributed by atoms with E-state index in [1.54, 1.807) is 27.2 Å². The molecule has 2 aliphatic rings. The Morgan fingerprint density at radius 2 is 1.57 bits per heavy atom. The van der Waals surface area contributed by atoms with E-state index in [9.17, 15) is 10.2 Å². The van der Waals surface area contributed by atoms with Crippen LogP contribution in [0, 0.1) is 27.0 Å². The smallest absolute Gasteiger partial charge is 0.295 e. The molecule has 0 aromatic heterocycles. The lowest BCUT2D eigenvalue weighted by molar-refractivity contribution is -0.0608. The molecule has 1 fully saturated rings. The lowest BCUT2D eigenvalue weighted by atomic mass is 9.80. The number of hydrogen-bond acceptors (Lipinski definition) is 11. The molecule has 2 aliphatic heterocycles. The van der Waals surface area contributed by atoms with Crippen molar-refractivity contribution in [1.82, 2.24) is 9.80 Å². The molecular formula is C40H61N5O8Si. The maximum absolute atomic E-state index is 11.9. The molecule has 0 spiro atoms. The zero-order valence-corrected chi connectivity index (χ0v) is 35.0. The Labute approximate surface area is 323 Å². The zero-order valence-electron chi connectivity index (χ0n) is 34.0. The Morgan fingerprint density at radius 1 is 0.963 bits per heavy atom. The number of benzene rings is 2. The number of rotatable bonds is 16. The third-order valence-electron chi connectivity index (χ3n) is 11.8. The molecule has 0 saturated carbocycles. The van der Waals surface area contributed by atoms with E-state index in [2.05, 4.69) is 48.8 Å². The third-order valence-corrected chi connectivity index (χ3v) is 17.2. The van der Waals surface area contributed by atoms with Gasteiger partial charge in [0.15, 0.2) is 31.3 Å². The summed E-state index contributed by atoms with van der Waals surface area (Å²) in [5.74, 6) is 1.48. The molecule has 13 nitrogen and oxygen atoms in total. The van der Waals surface area contributed by atoms with E-state index < -0.39 is 32.6 Å². The average molecular weight is 768 g/mol. The second-order valence-electron chi connectivity index (χ2n) is 15.2. The molecule has 2 aromatic rings. The molecular weight excluding hydrogens is 707 g/mol. The summed E-state index contributed by atoms with van der Waals surface area (Å²) in [7, 11) is 4.16. The maximum Gasteiger partial charge on any atom is 0.295 e. The molecule has 4 rings (SSSR count). The van der Waals surface area contributed by atoms with Crippen LogP contribution in [-0.4, -0.2) is 114 Å². The van der Waals surface area contributed by atoms with Crippen molar-refractivity contribution >= 4 is 8.32 Å². The molecule has 4 N–H and O–H groups in total. The van der Waals surface area contributed by atoms with Crippen LogP contribution < -0.4 is 24.7 Å². The number of phenolic OH excluding ortho intramolecular Hbond substituents is 2. The van der Waals surface area contributed by atoms with E-state index in [-0.39, 0.29) is 36.4 Å². The SMILES string of the molecule is [C-]#[N+]CN1C(C([N+]#[C-])N2CCOC(CCO[Si](C)(C(C)C)C(C)C)C2)Cc2c(OC)c(C)c(OC)c(O)c2C1C(N)Cc1cc(O)c(OC)c(C)c1OC. The van der Waals surface area contributed by atoms with Crippen LogP contribution in [0.2, 0.25) is 17.6 Å². The molecule has 5 unspecified atom stereocenters. The van der Waals surface area contributed by atoms with Crippen LogP contribution in [0.15, 0.2) is 6.07 Å². The van der Waals surface area contributed by atoms with Crippen LogP contribution in [0.4, 0.5) is 0 Å². The standard InChI is InChI=1S/C40H61N5O8Si/c1-23(2)54(13,24(3)4)53-16-14-28-21-44(15-17-52-28)40(43-8)31-20-29-33(35(47)39(51-12)26(6)37(29)49-10)34(45(31)22-42-7)30(41)18-27-19-32(46)38(50-11)25(5)36(27)48-9/h19,23-24,28,30-31,34,40,46-47H,14-18,20-22,41H2,1-6,9-13H3. The number of morpholine rings is 1. The minimum atomic E-state index is -1.94. The van der Waals surface area contributed by atoms with Gasteiger partial charge in [0.25, 0.3) is 12.8 Å². The molecule has 0 aliphatic carbocycles. The van der Waals surface area contributed by atoms with Gasteiger partial charge < -0.3 is 44.1 Å². The van der Waals surface area contributed by atoms with Gasteiger partial charge in [-0.05, 0) is 55.9 Å². The largest absolute Gasteiger partial charge is 0.504 e. The number of fused-ring (bicyclic) bond motifs is 1. The summed E-state index contributed by atoms with van der Waals surface area (Å²) in [6.45, 7) is 33.6. The highest BCUT2D eigenvalue weighted by atomic mass is 28.4. The fourth-order valence-corrected chi connectivity index (χ4v) is 11.1. The van der Waals surface area contributed by atoms with Crippen LogP contribution in [0.5, 0.6) is 34.5 Å². The van der Waals surface area contributed by atoms with E-state index in [4.69, 9.17) is 47.0 Å². The molecule has 54 heavy (non-hydrogen) atoms. The highest BCUT2D eigenvalue weighted by Gasteiger charge is 2.50. The lowest BCUT2D eigenvalue weighted by Gasteiger charge is -2.46. The Hall–Kier alpha value is -3.76. The van der Waals surface area contributed by atoms with Crippen LogP contribution in [0.25, 0.3) is 9.69 Å². The van der Waals surface area contributed by atoms with E-state index in [1.165, 1.54) is 14.2 Å².